The third-order valence-electron chi connectivity index (χ3n) is 5.50. The van der Waals surface area contributed by atoms with Crippen molar-refractivity contribution in [2.45, 2.75) is 77.7 Å². The number of benzene rings is 1. The summed E-state index contributed by atoms with van der Waals surface area (Å²) < 4.78 is 39.8. The predicted molar refractivity (Wildman–Crippen MR) is 121 cm³/mol. The van der Waals surface area contributed by atoms with E-state index in [9.17, 15) is 27.5 Å². The molecule has 0 saturated heterocycles. The average molecular weight is 451 g/mol. The standard InChI is InChI=1S/C23H42NO2.BF4/c1-2-3-4-5-6-7-8-9-10-14-17-24(18-20-25,19-21-26)22-23-15-12-11-13-16-23;2-1(3,4)5/h11-13,15-16,25-26H,2-10,14,17-22H2,1H3;/q+1;-1. The molecule has 0 atom stereocenters. The quantitative estimate of drug-likeness (QED) is 0.128. The summed E-state index contributed by atoms with van der Waals surface area (Å²) in [5.41, 5.74) is 1.29. The van der Waals surface area contributed by atoms with Crippen molar-refractivity contribution in [3.05, 3.63) is 35.9 Å². The Balaban J connectivity index is 0.00000161. The van der Waals surface area contributed by atoms with Gasteiger partial charge in [-0.05, 0) is 12.8 Å². The minimum atomic E-state index is -6.00. The van der Waals surface area contributed by atoms with Gasteiger partial charge < -0.3 is 32.0 Å². The van der Waals surface area contributed by atoms with Crippen LogP contribution in [0.15, 0.2) is 30.3 Å². The van der Waals surface area contributed by atoms with E-state index in [1.807, 2.05) is 6.07 Å². The van der Waals surface area contributed by atoms with Crippen molar-refractivity contribution in [2.24, 2.45) is 0 Å². The highest BCUT2D eigenvalue weighted by molar-refractivity contribution is 6.50. The maximum Gasteiger partial charge on any atom is 0.673 e. The van der Waals surface area contributed by atoms with Crippen LogP contribution in [-0.2, 0) is 6.54 Å². The number of rotatable bonds is 17. The SMILES string of the molecule is CCCCCCCCCCCC[N+](CCO)(CCO)Cc1ccccc1.F[B-](F)(F)F. The molecule has 2 N–H and O–H groups in total. The van der Waals surface area contributed by atoms with Gasteiger partial charge in [0.2, 0.25) is 0 Å². The molecule has 0 aliphatic carbocycles. The second-order valence-electron chi connectivity index (χ2n) is 8.28. The molecular weight excluding hydrogens is 409 g/mol. The topological polar surface area (TPSA) is 40.5 Å². The largest absolute Gasteiger partial charge is 0.673 e. The second kappa shape index (κ2) is 18.5. The van der Waals surface area contributed by atoms with Gasteiger partial charge in [-0.15, -0.1) is 0 Å². The van der Waals surface area contributed by atoms with Crippen molar-refractivity contribution in [2.75, 3.05) is 32.8 Å². The molecule has 8 heteroatoms. The highest BCUT2D eigenvalue weighted by Crippen LogP contribution is 2.18. The van der Waals surface area contributed by atoms with Crippen LogP contribution >= 0.6 is 0 Å². The maximum atomic E-state index is 9.75. The van der Waals surface area contributed by atoms with E-state index in [-0.39, 0.29) is 13.2 Å². The summed E-state index contributed by atoms with van der Waals surface area (Å²) in [6.07, 6.45) is 13.4. The number of halogens is 4. The third-order valence-corrected chi connectivity index (χ3v) is 5.50. The molecule has 0 saturated carbocycles. The molecule has 0 spiro atoms. The lowest BCUT2D eigenvalue weighted by Gasteiger charge is -2.38. The van der Waals surface area contributed by atoms with Crippen LogP contribution in [0.4, 0.5) is 17.3 Å². The monoisotopic (exact) mass is 451 g/mol. The summed E-state index contributed by atoms with van der Waals surface area (Å²) in [5, 5.41) is 19.1. The molecule has 31 heavy (non-hydrogen) atoms. The average Bonchev–Trinajstić information content (AvgIpc) is 2.69. The summed E-state index contributed by atoms with van der Waals surface area (Å²) in [6, 6.07) is 10.5. The second-order valence-corrected chi connectivity index (χ2v) is 8.28. The van der Waals surface area contributed by atoms with E-state index in [0.29, 0.717) is 0 Å². The van der Waals surface area contributed by atoms with Crippen molar-refractivity contribution in [1.82, 2.24) is 0 Å². The Morgan fingerprint density at radius 1 is 0.677 bits per heavy atom. The molecule has 0 bridgehead atoms. The zero-order valence-electron chi connectivity index (χ0n) is 19.1. The van der Waals surface area contributed by atoms with E-state index in [4.69, 9.17) is 0 Å². The van der Waals surface area contributed by atoms with E-state index in [2.05, 4.69) is 31.2 Å². The molecule has 0 aliphatic heterocycles. The molecule has 1 rings (SSSR count). The van der Waals surface area contributed by atoms with Crippen LogP contribution < -0.4 is 0 Å². The smallest absolute Gasteiger partial charge is 0.418 e. The number of hydrogen-bond acceptors (Lipinski definition) is 2. The van der Waals surface area contributed by atoms with Crippen LogP contribution in [0.25, 0.3) is 0 Å². The summed E-state index contributed by atoms with van der Waals surface area (Å²) in [5.74, 6) is 0. The summed E-state index contributed by atoms with van der Waals surface area (Å²) in [4.78, 5) is 0. The van der Waals surface area contributed by atoms with Crippen LogP contribution in [0.1, 0.15) is 76.7 Å². The molecule has 0 heterocycles. The first-order chi connectivity index (χ1) is 14.8. The molecule has 0 unspecified atom stereocenters. The summed E-state index contributed by atoms with van der Waals surface area (Å²) in [6.45, 7) is 6.05. The van der Waals surface area contributed by atoms with Crippen molar-refractivity contribution in [3.63, 3.8) is 0 Å². The summed E-state index contributed by atoms with van der Waals surface area (Å²) in [7, 11) is -6.00. The van der Waals surface area contributed by atoms with Crippen LogP contribution in [0.2, 0.25) is 0 Å². The molecule has 182 valence electrons. The third kappa shape index (κ3) is 19.3. The Hall–Kier alpha value is -1.12. The van der Waals surface area contributed by atoms with Gasteiger partial charge in [-0.1, -0.05) is 88.6 Å². The molecule has 3 nitrogen and oxygen atoms in total. The fourth-order valence-corrected chi connectivity index (χ4v) is 3.90. The van der Waals surface area contributed by atoms with Gasteiger partial charge in [0, 0.05) is 5.56 Å². The Kier molecular flexibility index (Phi) is 17.8. The van der Waals surface area contributed by atoms with Crippen LogP contribution in [-0.4, -0.2) is 54.8 Å². The van der Waals surface area contributed by atoms with E-state index in [1.165, 1.54) is 69.8 Å². The lowest BCUT2D eigenvalue weighted by molar-refractivity contribution is -0.941. The zero-order chi connectivity index (χ0) is 23.4. The van der Waals surface area contributed by atoms with Crippen molar-refractivity contribution < 1.29 is 32.0 Å². The molecule has 0 radical (unpaired) electrons. The lowest BCUT2D eigenvalue weighted by Crippen LogP contribution is -2.51. The number of quaternary nitrogens is 1. The Labute approximate surface area is 186 Å². The van der Waals surface area contributed by atoms with Gasteiger partial charge >= 0.3 is 7.25 Å². The first-order valence-corrected chi connectivity index (χ1v) is 11.7. The van der Waals surface area contributed by atoms with Gasteiger partial charge in [0.1, 0.15) is 19.6 Å². The molecule has 0 fully saturated rings. The lowest BCUT2D eigenvalue weighted by atomic mass is 10.1. The highest BCUT2D eigenvalue weighted by atomic mass is 19.5. The first-order valence-electron chi connectivity index (χ1n) is 11.7. The van der Waals surface area contributed by atoms with Crippen molar-refractivity contribution >= 4 is 7.25 Å². The van der Waals surface area contributed by atoms with Crippen molar-refractivity contribution in [3.8, 4) is 0 Å². The predicted octanol–water partition coefficient (Wildman–Crippen LogP) is 6.21. The molecule has 1 aromatic carbocycles. The summed E-state index contributed by atoms with van der Waals surface area (Å²) >= 11 is 0. The minimum Gasteiger partial charge on any atom is -0.418 e. The van der Waals surface area contributed by atoms with Gasteiger partial charge in [0.05, 0.1) is 19.8 Å². The number of aliphatic hydroxyl groups excluding tert-OH is 2. The molecular formula is C23H42BF4NO2. The number of nitrogens with zero attached hydrogens (tertiary/aromatic N) is 1. The van der Waals surface area contributed by atoms with Gasteiger partial charge in [0.25, 0.3) is 0 Å². The van der Waals surface area contributed by atoms with Crippen LogP contribution in [0, 0.1) is 0 Å². The van der Waals surface area contributed by atoms with E-state index in [1.54, 1.807) is 0 Å². The molecule has 1 aromatic rings. The molecule has 0 aliphatic rings. The van der Waals surface area contributed by atoms with Gasteiger partial charge in [-0.25, -0.2) is 0 Å². The number of aliphatic hydroxyl groups is 2. The van der Waals surface area contributed by atoms with E-state index < -0.39 is 7.25 Å². The van der Waals surface area contributed by atoms with E-state index >= 15 is 0 Å². The molecule has 0 aromatic heterocycles. The number of hydrogen-bond donors (Lipinski definition) is 2. The van der Waals surface area contributed by atoms with Gasteiger partial charge in [-0.2, -0.15) is 0 Å². The van der Waals surface area contributed by atoms with Gasteiger partial charge in [-0.3, -0.25) is 0 Å². The minimum absolute atomic E-state index is 0.185. The Morgan fingerprint density at radius 2 is 1.10 bits per heavy atom. The Bertz CT molecular complexity index is 506. The fourth-order valence-electron chi connectivity index (χ4n) is 3.90. The first kappa shape index (κ1) is 29.9. The van der Waals surface area contributed by atoms with Crippen LogP contribution in [0.5, 0.6) is 0 Å². The van der Waals surface area contributed by atoms with Crippen LogP contribution in [0.3, 0.4) is 0 Å². The van der Waals surface area contributed by atoms with Crippen molar-refractivity contribution in [1.29, 1.82) is 0 Å². The number of unbranched alkanes of at least 4 members (excludes halogenated alkanes) is 9. The normalized spacial score (nSPS) is 11.8. The molecule has 0 amide bonds. The van der Waals surface area contributed by atoms with Gasteiger partial charge in [0.15, 0.2) is 0 Å². The van der Waals surface area contributed by atoms with E-state index in [0.717, 1.165) is 30.7 Å². The Morgan fingerprint density at radius 3 is 1.52 bits per heavy atom. The fraction of sp³-hybridized carbons (Fsp3) is 0.739. The highest BCUT2D eigenvalue weighted by Gasteiger charge is 2.26. The maximum absolute atomic E-state index is 9.75. The zero-order valence-corrected chi connectivity index (χ0v) is 19.1.